The lowest BCUT2D eigenvalue weighted by atomic mass is 9.96. The fourth-order valence-electron chi connectivity index (χ4n) is 4.10. The van der Waals surface area contributed by atoms with E-state index >= 15 is 0 Å². The van der Waals surface area contributed by atoms with Crippen LogP contribution < -0.4 is 5.32 Å². The summed E-state index contributed by atoms with van der Waals surface area (Å²) in [5.41, 5.74) is 4.70. The topological polar surface area (TPSA) is 55.2 Å². The Morgan fingerprint density at radius 2 is 1.96 bits per heavy atom. The standard InChI is InChI=1S/C22H25N5O/c1-16-9-18(17-7-8-26(12-17)21-13-28-14-21)11-19(10-16)24-22-23-15-27(25-22)20-5-3-2-4-6-20/h2-6,9-11,15,17,21H,7-8,12-14H2,1H3,(H,24,25). The highest BCUT2D eigenvalue weighted by Gasteiger charge is 2.33. The molecular weight excluding hydrogens is 350 g/mol. The van der Waals surface area contributed by atoms with Crippen LogP contribution in [0, 0.1) is 6.92 Å². The van der Waals surface area contributed by atoms with Crippen molar-refractivity contribution in [1.82, 2.24) is 19.7 Å². The summed E-state index contributed by atoms with van der Waals surface area (Å²) in [6, 6.07) is 17.4. The number of rotatable bonds is 5. The Balaban J connectivity index is 1.32. The van der Waals surface area contributed by atoms with Crippen molar-refractivity contribution in [3.8, 4) is 5.69 Å². The molecule has 28 heavy (non-hydrogen) atoms. The monoisotopic (exact) mass is 375 g/mol. The number of hydrogen-bond acceptors (Lipinski definition) is 5. The number of hydrogen-bond donors (Lipinski definition) is 1. The van der Waals surface area contributed by atoms with Gasteiger partial charge in [-0.05, 0) is 61.2 Å². The minimum Gasteiger partial charge on any atom is -0.378 e. The lowest BCUT2D eigenvalue weighted by Gasteiger charge is -2.34. The molecule has 2 saturated heterocycles. The fourth-order valence-corrected chi connectivity index (χ4v) is 4.10. The number of nitrogens with zero attached hydrogens (tertiary/aromatic N) is 4. The number of anilines is 2. The Morgan fingerprint density at radius 1 is 1.11 bits per heavy atom. The molecule has 0 aliphatic carbocycles. The molecule has 6 heteroatoms. The van der Waals surface area contributed by atoms with Gasteiger partial charge in [0.15, 0.2) is 0 Å². The number of ether oxygens (including phenoxy) is 1. The van der Waals surface area contributed by atoms with Gasteiger partial charge in [-0.1, -0.05) is 24.3 Å². The van der Waals surface area contributed by atoms with E-state index in [2.05, 4.69) is 45.4 Å². The van der Waals surface area contributed by atoms with Gasteiger partial charge in [0.1, 0.15) is 6.33 Å². The molecule has 0 radical (unpaired) electrons. The van der Waals surface area contributed by atoms with Crippen LogP contribution in [-0.2, 0) is 4.74 Å². The molecule has 2 fully saturated rings. The molecule has 1 aromatic heterocycles. The summed E-state index contributed by atoms with van der Waals surface area (Å²) < 4.78 is 7.15. The zero-order valence-electron chi connectivity index (χ0n) is 16.1. The van der Waals surface area contributed by atoms with Gasteiger partial charge in [0, 0.05) is 12.2 Å². The smallest absolute Gasteiger partial charge is 0.246 e. The Hall–Kier alpha value is -2.70. The lowest BCUT2D eigenvalue weighted by Crippen LogP contribution is -2.47. The first-order valence-electron chi connectivity index (χ1n) is 9.92. The number of aromatic nitrogens is 3. The SMILES string of the molecule is Cc1cc(Nc2ncn(-c3ccccc3)n2)cc(C2CCN(C3COC3)C2)c1. The van der Waals surface area contributed by atoms with Crippen molar-refractivity contribution in [2.24, 2.45) is 0 Å². The van der Waals surface area contributed by atoms with E-state index in [1.165, 1.54) is 24.1 Å². The summed E-state index contributed by atoms with van der Waals surface area (Å²) in [6.45, 7) is 6.22. The molecule has 6 nitrogen and oxygen atoms in total. The van der Waals surface area contributed by atoms with Crippen LogP contribution in [0.2, 0.25) is 0 Å². The van der Waals surface area contributed by atoms with E-state index in [9.17, 15) is 0 Å². The van der Waals surface area contributed by atoms with Gasteiger partial charge in [-0.15, -0.1) is 5.10 Å². The molecule has 1 N–H and O–H groups in total. The number of aryl methyl sites for hydroxylation is 1. The maximum absolute atomic E-state index is 5.36. The second-order valence-electron chi connectivity index (χ2n) is 7.78. The van der Waals surface area contributed by atoms with Gasteiger partial charge in [-0.3, -0.25) is 4.90 Å². The van der Waals surface area contributed by atoms with Crippen molar-refractivity contribution in [3.05, 3.63) is 66.0 Å². The molecule has 3 aromatic rings. The second kappa shape index (κ2) is 7.37. The van der Waals surface area contributed by atoms with Gasteiger partial charge in [0.25, 0.3) is 0 Å². The highest BCUT2D eigenvalue weighted by molar-refractivity contribution is 5.56. The first-order valence-corrected chi connectivity index (χ1v) is 9.92. The predicted octanol–water partition coefficient (Wildman–Crippen LogP) is 3.51. The van der Waals surface area contributed by atoms with Gasteiger partial charge < -0.3 is 10.1 Å². The second-order valence-corrected chi connectivity index (χ2v) is 7.78. The van der Waals surface area contributed by atoms with Crippen LogP contribution in [0.5, 0.6) is 0 Å². The Bertz CT molecular complexity index is 951. The minimum atomic E-state index is 0.580. The van der Waals surface area contributed by atoms with Gasteiger partial charge in [0.05, 0.1) is 24.9 Å². The quantitative estimate of drug-likeness (QED) is 0.740. The van der Waals surface area contributed by atoms with Gasteiger partial charge in [0.2, 0.25) is 5.95 Å². The zero-order valence-corrected chi connectivity index (χ0v) is 16.1. The molecular formula is C22H25N5O. The van der Waals surface area contributed by atoms with Crippen LogP contribution in [-0.4, -0.2) is 52.0 Å². The van der Waals surface area contributed by atoms with E-state index in [-0.39, 0.29) is 0 Å². The van der Waals surface area contributed by atoms with E-state index in [4.69, 9.17) is 4.74 Å². The normalized spacial score (nSPS) is 20.2. The van der Waals surface area contributed by atoms with Crippen LogP contribution in [0.4, 0.5) is 11.6 Å². The first kappa shape index (κ1) is 17.4. The van der Waals surface area contributed by atoms with E-state index in [0.717, 1.165) is 31.1 Å². The maximum Gasteiger partial charge on any atom is 0.246 e. The summed E-state index contributed by atoms with van der Waals surface area (Å²) >= 11 is 0. The summed E-state index contributed by atoms with van der Waals surface area (Å²) in [7, 11) is 0. The average Bonchev–Trinajstić information content (AvgIpc) is 3.31. The van der Waals surface area contributed by atoms with Crippen molar-refractivity contribution in [1.29, 1.82) is 0 Å². The molecule has 0 saturated carbocycles. The number of likely N-dealkylation sites (tertiary alicyclic amines) is 1. The summed E-state index contributed by atoms with van der Waals surface area (Å²) in [6.07, 6.45) is 2.95. The molecule has 1 unspecified atom stereocenters. The van der Waals surface area contributed by atoms with Gasteiger partial charge in [-0.25, -0.2) is 4.68 Å². The van der Waals surface area contributed by atoms with Crippen molar-refractivity contribution >= 4 is 11.6 Å². The van der Waals surface area contributed by atoms with Crippen molar-refractivity contribution < 1.29 is 4.74 Å². The third kappa shape index (κ3) is 3.53. The molecule has 5 rings (SSSR count). The largest absolute Gasteiger partial charge is 0.378 e. The van der Waals surface area contributed by atoms with E-state index in [0.29, 0.717) is 17.9 Å². The zero-order chi connectivity index (χ0) is 18.9. The molecule has 144 valence electrons. The third-order valence-electron chi connectivity index (χ3n) is 5.70. The van der Waals surface area contributed by atoms with Crippen molar-refractivity contribution in [2.45, 2.75) is 25.3 Å². The van der Waals surface area contributed by atoms with Crippen LogP contribution in [0.15, 0.2) is 54.9 Å². The Labute approximate surface area is 165 Å². The van der Waals surface area contributed by atoms with Crippen LogP contribution in [0.3, 0.4) is 0 Å². The summed E-state index contributed by atoms with van der Waals surface area (Å²) in [5, 5.41) is 7.94. The molecule has 2 aliphatic rings. The average molecular weight is 375 g/mol. The number of benzene rings is 2. The highest BCUT2D eigenvalue weighted by Crippen LogP contribution is 2.32. The minimum absolute atomic E-state index is 0.580. The Morgan fingerprint density at radius 3 is 2.75 bits per heavy atom. The lowest BCUT2D eigenvalue weighted by molar-refractivity contribution is -0.0573. The highest BCUT2D eigenvalue weighted by atomic mass is 16.5. The Kier molecular flexibility index (Phi) is 4.58. The van der Waals surface area contributed by atoms with Crippen LogP contribution >= 0.6 is 0 Å². The van der Waals surface area contributed by atoms with Gasteiger partial charge >= 0.3 is 0 Å². The molecule has 0 bridgehead atoms. The van der Waals surface area contributed by atoms with E-state index < -0.39 is 0 Å². The third-order valence-corrected chi connectivity index (χ3v) is 5.70. The predicted molar refractivity (Wildman–Crippen MR) is 109 cm³/mol. The molecule has 2 aliphatic heterocycles. The molecule has 0 amide bonds. The fraction of sp³-hybridized carbons (Fsp3) is 0.364. The van der Waals surface area contributed by atoms with E-state index in [1.807, 2.05) is 30.3 Å². The van der Waals surface area contributed by atoms with Gasteiger partial charge in [-0.2, -0.15) is 4.98 Å². The van der Waals surface area contributed by atoms with Crippen molar-refractivity contribution in [2.75, 3.05) is 31.6 Å². The maximum atomic E-state index is 5.36. The van der Waals surface area contributed by atoms with Crippen LogP contribution in [0.25, 0.3) is 5.69 Å². The molecule has 1 atom stereocenters. The first-order chi connectivity index (χ1) is 13.7. The van der Waals surface area contributed by atoms with Crippen molar-refractivity contribution in [3.63, 3.8) is 0 Å². The summed E-state index contributed by atoms with van der Waals surface area (Å²) in [5.74, 6) is 1.19. The van der Waals surface area contributed by atoms with Crippen LogP contribution in [0.1, 0.15) is 23.5 Å². The van der Waals surface area contributed by atoms with E-state index in [1.54, 1.807) is 11.0 Å². The molecule has 3 heterocycles. The summed E-state index contributed by atoms with van der Waals surface area (Å²) in [4.78, 5) is 6.99. The number of para-hydroxylation sites is 1. The molecule has 0 spiro atoms. The molecule has 2 aromatic carbocycles. The number of nitrogens with one attached hydrogen (secondary N) is 1.